The number of hydrogen-bond donors (Lipinski definition) is 2. The summed E-state index contributed by atoms with van der Waals surface area (Å²) in [5.74, 6) is 0. The van der Waals surface area contributed by atoms with Crippen LogP contribution in [0.5, 0.6) is 0 Å². The van der Waals surface area contributed by atoms with Gasteiger partial charge in [-0.3, -0.25) is 14.3 Å². The van der Waals surface area contributed by atoms with Crippen molar-refractivity contribution in [2.24, 2.45) is 5.11 Å². The van der Waals surface area contributed by atoms with Crippen LogP contribution < -0.4 is 11.2 Å². The molecule has 0 bridgehead atoms. The molecule has 9 nitrogen and oxygen atoms in total. The molecule has 0 radical (unpaired) electrons. The van der Waals surface area contributed by atoms with Crippen molar-refractivity contribution < 1.29 is 9.84 Å². The topological polar surface area (TPSA) is 133 Å². The smallest absolute Gasteiger partial charge is 0.330 e. The molecule has 0 spiro atoms. The number of azide groups is 1. The maximum atomic E-state index is 11.8. The third kappa shape index (κ3) is 2.53. The van der Waals surface area contributed by atoms with Gasteiger partial charge in [-0.2, -0.15) is 0 Å². The maximum Gasteiger partial charge on any atom is 0.330 e. The van der Waals surface area contributed by atoms with Crippen LogP contribution in [0.4, 0.5) is 0 Å². The van der Waals surface area contributed by atoms with Crippen LogP contribution in [0.2, 0.25) is 0 Å². The second-order valence-electron chi connectivity index (χ2n) is 4.32. The van der Waals surface area contributed by atoms with E-state index < -0.39 is 29.6 Å². The van der Waals surface area contributed by atoms with E-state index in [9.17, 15) is 9.59 Å². The Balaban J connectivity index is 2.44. The average Bonchev–Trinajstić information content (AvgIpc) is 2.77. The van der Waals surface area contributed by atoms with Gasteiger partial charge in [-0.15, -0.1) is 0 Å². The first-order valence-corrected chi connectivity index (χ1v) is 5.69. The van der Waals surface area contributed by atoms with Crippen molar-refractivity contribution in [2.45, 2.75) is 31.7 Å². The zero-order chi connectivity index (χ0) is 14.0. The van der Waals surface area contributed by atoms with Crippen molar-refractivity contribution >= 4 is 0 Å². The number of aromatic nitrogens is 2. The largest absolute Gasteiger partial charge is 0.394 e. The van der Waals surface area contributed by atoms with Crippen molar-refractivity contribution in [2.75, 3.05) is 6.61 Å². The highest BCUT2D eigenvalue weighted by atomic mass is 16.5. The van der Waals surface area contributed by atoms with Gasteiger partial charge < -0.3 is 9.84 Å². The first-order valence-electron chi connectivity index (χ1n) is 5.69. The Bertz CT molecular complexity index is 630. The van der Waals surface area contributed by atoms with Crippen LogP contribution in [0.1, 0.15) is 18.2 Å². The predicted octanol–water partition coefficient (Wildman–Crippen LogP) is -0.196. The number of aryl methyl sites for hydroxylation is 1. The lowest BCUT2D eigenvalue weighted by molar-refractivity contribution is -0.0280. The summed E-state index contributed by atoms with van der Waals surface area (Å²) in [6, 6.07) is -0.606. The fraction of sp³-hybridized carbons (Fsp3) is 0.600. The second-order valence-corrected chi connectivity index (χ2v) is 4.32. The van der Waals surface area contributed by atoms with Gasteiger partial charge >= 0.3 is 5.69 Å². The number of hydrogen-bond acceptors (Lipinski definition) is 5. The summed E-state index contributed by atoms with van der Waals surface area (Å²) in [6.07, 6.45) is 0.345. The van der Waals surface area contributed by atoms with E-state index in [1.54, 1.807) is 6.92 Å². The van der Waals surface area contributed by atoms with Crippen LogP contribution in [0, 0.1) is 6.92 Å². The molecular weight excluding hydrogens is 254 g/mol. The molecule has 0 saturated carbocycles. The van der Waals surface area contributed by atoms with Gasteiger partial charge in [0.1, 0.15) is 6.23 Å². The SMILES string of the molecule is Cc1cn([C@@H]2O[C@H](CO)C[C@H]2N=[N+]=[N-])c(=O)[nH]c1=O. The highest BCUT2D eigenvalue weighted by Gasteiger charge is 2.36. The van der Waals surface area contributed by atoms with Gasteiger partial charge in [0, 0.05) is 16.7 Å². The highest BCUT2D eigenvalue weighted by molar-refractivity contribution is 5.02. The summed E-state index contributed by atoms with van der Waals surface area (Å²) < 4.78 is 6.64. The zero-order valence-electron chi connectivity index (χ0n) is 10.2. The van der Waals surface area contributed by atoms with Gasteiger partial charge in [0.2, 0.25) is 0 Å². The van der Waals surface area contributed by atoms with Gasteiger partial charge in [-0.25, -0.2) is 4.79 Å². The van der Waals surface area contributed by atoms with Crippen LogP contribution in [-0.2, 0) is 4.74 Å². The Hall–Kier alpha value is -2.09. The quantitative estimate of drug-likeness (QED) is 0.445. The van der Waals surface area contributed by atoms with Crippen LogP contribution in [0.3, 0.4) is 0 Å². The lowest BCUT2D eigenvalue weighted by Crippen LogP contribution is -2.36. The standard InChI is InChI=1S/C10H13N5O4/c1-5-3-15(10(18)12-8(5)17)9-7(13-14-11)2-6(4-16)19-9/h3,6-7,9,16H,2,4H2,1H3,(H,12,17,18)/t6-,7+,9+/m0/s1. The molecule has 0 aliphatic carbocycles. The van der Waals surface area contributed by atoms with Crippen LogP contribution in [0.25, 0.3) is 10.4 Å². The minimum absolute atomic E-state index is 0.231. The highest BCUT2D eigenvalue weighted by Crippen LogP contribution is 2.30. The van der Waals surface area contributed by atoms with E-state index >= 15 is 0 Å². The summed E-state index contributed by atoms with van der Waals surface area (Å²) in [5, 5.41) is 12.6. The second kappa shape index (κ2) is 5.27. The van der Waals surface area contributed by atoms with Crippen molar-refractivity contribution in [3.63, 3.8) is 0 Å². The summed E-state index contributed by atoms with van der Waals surface area (Å²) in [6.45, 7) is 1.32. The molecule has 19 heavy (non-hydrogen) atoms. The number of nitrogens with one attached hydrogen (secondary N) is 1. The molecule has 1 saturated heterocycles. The van der Waals surface area contributed by atoms with Crippen molar-refractivity contribution in [1.29, 1.82) is 0 Å². The lowest BCUT2D eigenvalue weighted by Gasteiger charge is -2.17. The average molecular weight is 267 g/mol. The number of aromatic amines is 1. The maximum absolute atomic E-state index is 11.8. The van der Waals surface area contributed by atoms with Gasteiger partial charge in [0.25, 0.3) is 5.56 Å². The van der Waals surface area contributed by atoms with Crippen LogP contribution in [-0.4, -0.2) is 33.4 Å². The number of rotatable bonds is 3. The van der Waals surface area contributed by atoms with Crippen molar-refractivity contribution in [3.8, 4) is 0 Å². The van der Waals surface area contributed by atoms with E-state index in [1.165, 1.54) is 10.8 Å². The third-order valence-corrected chi connectivity index (χ3v) is 2.99. The number of H-pyrrole nitrogens is 1. The minimum Gasteiger partial charge on any atom is -0.394 e. The normalized spacial score (nSPS) is 26.1. The predicted molar refractivity (Wildman–Crippen MR) is 64.6 cm³/mol. The monoisotopic (exact) mass is 267 g/mol. The summed E-state index contributed by atoms with van der Waals surface area (Å²) >= 11 is 0. The molecule has 9 heteroatoms. The Morgan fingerprint density at radius 2 is 2.42 bits per heavy atom. The molecule has 1 aromatic heterocycles. The zero-order valence-corrected chi connectivity index (χ0v) is 10.2. The molecule has 0 amide bonds. The first-order chi connectivity index (χ1) is 9.06. The van der Waals surface area contributed by atoms with Crippen LogP contribution in [0.15, 0.2) is 20.9 Å². The van der Waals surface area contributed by atoms with Gasteiger partial charge in [-0.1, -0.05) is 5.11 Å². The molecule has 3 atom stereocenters. The summed E-state index contributed by atoms with van der Waals surface area (Å²) in [7, 11) is 0. The van der Waals surface area contributed by atoms with Gasteiger partial charge in [0.05, 0.1) is 18.8 Å². The molecule has 0 unspecified atom stereocenters. The molecular formula is C10H13N5O4. The molecule has 0 aromatic carbocycles. The number of ether oxygens (including phenoxy) is 1. The molecule has 1 aliphatic rings. The van der Waals surface area contributed by atoms with E-state index in [4.69, 9.17) is 15.4 Å². The number of aliphatic hydroxyl groups excluding tert-OH is 1. The molecule has 102 valence electrons. The van der Waals surface area contributed by atoms with E-state index in [0.717, 1.165) is 0 Å². The number of aliphatic hydroxyl groups is 1. The molecule has 2 heterocycles. The minimum atomic E-state index is -0.823. The Morgan fingerprint density at radius 3 is 3.05 bits per heavy atom. The summed E-state index contributed by atoms with van der Waals surface area (Å²) in [4.78, 5) is 27.9. The van der Waals surface area contributed by atoms with E-state index in [2.05, 4.69) is 15.0 Å². The fourth-order valence-corrected chi connectivity index (χ4v) is 2.04. The molecule has 1 fully saturated rings. The molecule has 1 aliphatic heterocycles. The summed E-state index contributed by atoms with van der Waals surface area (Å²) in [5.41, 5.74) is 7.74. The molecule has 2 N–H and O–H groups in total. The van der Waals surface area contributed by atoms with Crippen molar-refractivity contribution in [1.82, 2.24) is 9.55 Å². The Morgan fingerprint density at radius 1 is 1.68 bits per heavy atom. The first kappa shape index (κ1) is 13.3. The van der Waals surface area contributed by atoms with Gasteiger partial charge in [-0.05, 0) is 18.9 Å². The van der Waals surface area contributed by atoms with E-state index in [0.29, 0.717) is 12.0 Å². The Labute approximate surface area is 107 Å². The van der Waals surface area contributed by atoms with Crippen molar-refractivity contribution in [3.05, 3.63) is 43.0 Å². The van der Waals surface area contributed by atoms with E-state index in [1.807, 2.05) is 0 Å². The third-order valence-electron chi connectivity index (χ3n) is 2.99. The number of nitrogens with zero attached hydrogens (tertiary/aromatic N) is 4. The van der Waals surface area contributed by atoms with Gasteiger partial charge in [0.15, 0.2) is 0 Å². The Kier molecular flexibility index (Phi) is 3.70. The van der Waals surface area contributed by atoms with E-state index in [-0.39, 0.29) is 6.61 Å². The van der Waals surface area contributed by atoms with Crippen LogP contribution >= 0.6 is 0 Å². The molecule has 1 aromatic rings. The lowest BCUT2D eigenvalue weighted by atomic mass is 10.1. The fourth-order valence-electron chi connectivity index (χ4n) is 2.04. The molecule has 2 rings (SSSR count).